The molecule has 0 aliphatic carbocycles. The topological polar surface area (TPSA) is 47.8 Å². The Morgan fingerprint density at radius 3 is 2.08 bits per heavy atom. The number of hydrogen-bond acceptors (Lipinski definition) is 3. The average Bonchev–Trinajstić information content (AvgIpc) is 2.68. The fourth-order valence-corrected chi connectivity index (χ4v) is 3.39. The van der Waals surface area contributed by atoms with Crippen LogP contribution in [0.15, 0.2) is 77.6 Å². The monoisotopic (exact) mass is 357 g/mol. The van der Waals surface area contributed by atoms with Crippen LogP contribution in [0.5, 0.6) is 0 Å². The predicted octanol–water partition coefficient (Wildman–Crippen LogP) is 4.74. The molecule has 2 aromatic heterocycles. The summed E-state index contributed by atoms with van der Waals surface area (Å²) in [5, 5.41) is 1.51. The van der Waals surface area contributed by atoms with Crippen LogP contribution in [0.25, 0.3) is 38.7 Å². The molecule has 0 N–H and O–H groups in total. The molecule has 26 heavy (non-hydrogen) atoms. The Kier molecular flexibility index (Phi) is 3.27. The van der Waals surface area contributed by atoms with Gasteiger partial charge in [0.15, 0.2) is 5.52 Å². The van der Waals surface area contributed by atoms with Crippen molar-refractivity contribution in [2.75, 3.05) is 0 Å². The molecule has 0 radical (unpaired) electrons. The van der Waals surface area contributed by atoms with Crippen LogP contribution in [0.4, 0.5) is 0 Å². The van der Waals surface area contributed by atoms with Gasteiger partial charge in [0.05, 0.1) is 16.6 Å². The van der Waals surface area contributed by atoms with Gasteiger partial charge in [0.1, 0.15) is 5.52 Å². The van der Waals surface area contributed by atoms with Crippen LogP contribution in [0.3, 0.4) is 0 Å². The van der Waals surface area contributed by atoms with E-state index in [0.717, 1.165) is 22.1 Å². The average molecular weight is 358 g/mol. The van der Waals surface area contributed by atoms with Crippen LogP contribution >= 0.6 is 11.6 Å². The normalized spacial score (nSPS) is 11.4. The molecule has 0 unspecified atom stereocenters. The number of hydrogen-bond donors (Lipinski definition) is 0. The second-order valence-corrected chi connectivity index (χ2v) is 6.48. The molecule has 3 aromatic carbocycles. The van der Waals surface area contributed by atoms with Crippen molar-refractivity contribution in [1.82, 2.24) is 14.5 Å². The minimum atomic E-state index is -0.195. The lowest BCUT2D eigenvalue weighted by Crippen LogP contribution is -2.20. The van der Waals surface area contributed by atoms with Gasteiger partial charge in [-0.25, -0.2) is 9.97 Å². The smallest absolute Gasteiger partial charge is 0.275 e. The Morgan fingerprint density at radius 1 is 0.731 bits per heavy atom. The van der Waals surface area contributed by atoms with Gasteiger partial charge in [-0.15, -0.1) is 0 Å². The van der Waals surface area contributed by atoms with Crippen LogP contribution in [0.2, 0.25) is 5.02 Å². The van der Waals surface area contributed by atoms with Gasteiger partial charge in [0, 0.05) is 16.1 Å². The first kappa shape index (κ1) is 15.0. The van der Waals surface area contributed by atoms with E-state index in [1.807, 2.05) is 60.7 Å². The minimum Gasteiger partial charge on any atom is -0.275 e. The highest BCUT2D eigenvalue weighted by Gasteiger charge is 2.15. The molecule has 0 atom stereocenters. The van der Waals surface area contributed by atoms with E-state index in [2.05, 4.69) is 4.98 Å². The third kappa shape index (κ3) is 2.20. The Balaban J connectivity index is 2.01. The summed E-state index contributed by atoms with van der Waals surface area (Å²) in [6.07, 6.45) is 0. The number of fused-ring (bicyclic) bond motifs is 4. The van der Waals surface area contributed by atoms with Crippen LogP contribution in [-0.2, 0) is 0 Å². The molecule has 5 heteroatoms. The lowest BCUT2D eigenvalue weighted by molar-refractivity contribution is 1.05. The molecule has 0 aliphatic rings. The number of halogens is 1. The molecule has 0 bridgehead atoms. The van der Waals surface area contributed by atoms with E-state index >= 15 is 0 Å². The number of rotatable bonds is 1. The molecule has 5 rings (SSSR count). The standard InChI is InChI=1S/C21H12ClN3O/c22-13-9-11-14(12-10-13)25-18-8-4-1-5-15(18)19-20(21(25)26)24-17-7-3-2-6-16(17)23-19/h1-12H. The number of pyridine rings is 1. The van der Waals surface area contributed by atoms with Crippen molar-refractivity contribution >= 4 is 44.6 Å². The first-order chi connectivity index (χ1) is 12.7. The highest BCUT2D eigenvalue weighted by Crippen LogP contribution is 2.25. The maximum absolute atomic E-state index is 13.3. The Bertz CT molecular complexity index is 1360. The third-order valence-corrected chi connectivity index (χ3v) is 4.71. The van der Waals surface area contributed by atoms with Crippen molar-refractivity contribution in [3.05, 3.63) is 88.2 Å². The maximum Gasteiger partial charge on any atom is 0.283 e. The van der Waals surface area contributed by atoms with Crippen LogP contribution in [-0.4, -0.2) is 14.5 Å². The minimum absolute atomic E-state index is 0.195. The fraction of sp³-hybridized carbons (Fsp3) is 0. The van der Waals surface area contributed by atoms with Gasteiger partial charge in [0.2, 0.25) is 0 Å². The molecule has 124 valence electrons. The van der Waals surface area contributed by atoms with E-state index in [9.17, 15) is 4.79 Å². The van der Waals surface area contributed by atoms with Crippen LogP contribution in [0.1, 0.15) is 0 Å². The first-order valence-electron chi connectivity index (χ1n) is 8.18. The first-order valence-corrected chi connectivity index (χ1v) is 8.56. The summed E-state index contributed by atoms with van der Waals surface area (Å²) in [4.78, 5) is 22.6. The molecule has 0 fully saturated rings. The zero-order valence-electron chi connectivity index (χ0n) is 13.6. The second-order valence-electron chi connectivity index (χ2n) is 6.04. The summed E-state index contributed by atoms with van der Waals surface area (Å²) in [5.74, 6) is 0. The van der Waals surface area contributed by atoms with Gasteiger partial charge in [-0.3, -0.25) is 9.36 Å². The number of aromatic nitrogens is 3. The summed E-state index contributed by atoms with van der Waals surface area (Å²) < 4.78 is 1.66. The molecule has 0 saturated heterocycles. The summed E-state index contributed by atoms with van der Waals surface area (Å²) in [5.41, 5.74) is 3.79. The molecule has 4 nitrogen and oxygen atoms in total. The van der Waals surface area contributed by atoms with Crippen LogP contribution < -0.4 is 5.56 Å². The van der Waals surface area contributed by atoms with Crippen molar-refractivity contribution in [2.24, 2.45) is 0 Å². The van der Waals surface area contributed by atoms with E-state index in [1.54, 1.807) is 16.7 Å². The van der Waals surface area contributed by atoms with Gasteiger partial charge in [0.25, 0.3) is 5.56 Å². The Hall–Kier alpha value is -3.24. The molecular formula is C21H12ClN3O. The van der Waals surface area contributed by atoms with Gasteiger partial charge in [-0.2, -0.15) is 0 Å². The van der Waals surface area contributed by atoms with E-state index in [1.165, 1.54) is 0 Å². The highest BCUT2D eigenvalue weighted by atomic mass is 35.5. The quantitative estimate of drug-likeness (QED) is 0.321. The van der Waals surface area contributed by atoms with E-state index in [-0.39, 0.29) is 5.56 Å². The second kappa shape index (κ2) is 5.64. The summed E-state index contributed by atoms with van der Waals surface area (Å²) >= 11 is 6.01. The van der Waals surface area contributed by atoms with Gasteiger partial charge in [-0.1, -0.05) is 41.9 Å². The van der Waals surface area contributed by atoms with Crippen molar-refractivity contribution in [1.29, 1.82) is 0 Å². The number of benzene rings is 3. The van der Waals surface area contributed by atoms with Crippen molar-refractivity contribution in [3.63, 3.8) is 0 Å². The number of para-hydroxylation sites is 3. The summed E-state index contributed by atoms with van der Waals surface area (Å²) in [6, 6.07) is 22.5. The predicted molar refractivity (Wildman–Crippen MR) is 105 cm³/mol. The van der Waals surface area contributed by atoms with Crippen molar-refractivity contribution < 1.29 is 0 Å². The SMILES string of the molecule is O=c1c2nc3ccccc3nc2c2ccccc2n1-c1ccc(Cl)cc1. The molecule has 0 aliphatic heterocycles. The molecule has 0 saturated carbocycles. The van der Waals surface area contributed by atoms with Gasteiger partial charge >= 0.3 is 0 Å². The molecule has 2 heterocycles. The zero-order chi connectivity index (χ0) is 17.7. The maximum atomic E-state index is 13.3. The van der Waals surface area contributed by atoms with Gasteiger partial charge < -0.3 is 0 Å². The van der Waals surface area contributed by atoms with Crippen molar-refractivity contribution in [2.45, 2.75) is 0 Å². The van der Waals surface area contributed by atoms with E-state index in [4.69, 9.17) is 16.6 Å². The lowest BCUT2D eigenvalue weighted by Gasteiger charge is -2.13. The lowest BCUT2D eigenvalue weighted by atomic mass is 10.1. The summed E-state index contributed by atoms with van der Waals surface area (Å²) in [6.45, 7) is 0. The van der Waals surface area contributed by atoms with Crippen molar-refractivity contribution in [3.8, 4) is 5.69 Å². The molecule has 5 aromatic rings. The number of nitrogens with zero attached hydrogens (tertiary/aromatic N) is 3. The molecular weight excluding hydrogens is 346 g/mol. The highest BCUT2D eigenvalue weighted by molar-refractivity contribution is 6.30. The zero-order valence-corrected chi connectivity index (χ0v) is 14.3. The molecule has 0 spiro atoms. The Labute approximate surface area is 153 Å². The summed E-state index contributed by atoms with van der Waals surface area (Å²) in [7, 11) is 0. The Morgan fingerprint density at radius 2 is 1.35 bits per heavy atom. The molecule has 0 amide bonds. The van der Waals surface area contributed by atoms with E-state index < -0.39 is 0 Å². The van der Waals surface area contributed by atoms with E-state index in [0.29, 0.717) is 21.6 Å². The third-order valence-electron chi connectivity index (χ3n) is 4.46. The largest absolute Gasteiger partial charge is 0.283 e. The fourth-order valence-electron chi connectivity index (χ4n) is 3.27. The van der Waals surface area contributed by atoms with Gasteiger partial charge in [-0.05, 0) is 42.5 Å². The van der Waals surface area contributed by atoms with Crippen LogP contribution in [0, 0.1) is 0 Å².